The minimum Gasteiger partial charge on any atom is -0.481 e. The van der Waals surface area contributed by atoms with E-state index in [2.05, 4.69) is 5.32 Å². The van der Waals surface area contributed by atoms with Gasteiger partial charge in [0, 0.05) is 17.8 Å². The lowest BCUT2D eigenvalue weighted by Crippen LogP contribution is -2.14. The van der Waals surface area contributed by atoms with Gasteiger partial charge in [0.2, 0.25) is 0 Å². The number of ketones is 1. The maximum Gasteiger partial charge on any atom is 0.306 e. The van der Waals surface area contributed by atoms with Crippen molar-refractivity contribution < 1.29 is 14.7 Å². The van der Waals surface area contributed by atoms with Crippen LogP contribution in [0.5, 0.6) is 0 Å². The summed E-state index contributed by atoms with van der Waals surface area (Å²) in [5, 5.41) is 11.8. The Balaban J connectivity index is 2.42. The maximum absolute atomic E-state index is 11.0. The van der Waals surface area contributed by atoms with Gasteiger partial charge in [0.1, 0.15) is 0 Å². The highest BCUT2D eigenvalue weighted by Crippen LogP contribution is 2.11. The maximum atomic E-state index is 11.0. The number of carbonyl (C=O) groups is 2. The van der Waals surface area contributed by atoms with Crippen molar-refractivity contribution in [3.05, 3.63) is 29.8 Å². The summed E-state index contributed by atoms with van der Waals surface area (Å²) in [6.45, 7) is 3.81. The molecule has 0 saturated heterocycles. The molecular weight excluding hydrogens is 218 g/mol. The summed E-state index contributed by atoms with van der Waals surface area (Å²) in [6, 6.07) is 7.15. The first kappa shape index (κ1) is 13.2. The van der Waals surface area contributed by atoms with Gasteiger partial charge >= 0.3 is 5.97 Å². The molecule has 4 nitrogen and oxygen atoms in total. The number of carbonyl (C=O) groups excluding carboxylic acids is 1. The van der Waals surface area contributed by atoms with Crippen LogP contribution in [0.2, 0.25) is 0 Å². The smallest absolute Gasteiger partial charge is 0.306 e. The van der Waals surface area contributed by atoms with Gasteiger partial charge in [0.25, 0.3) is 0 Å². The number of carboxylic acids is 1. The molecule has 4 heteroatoms. The number of hydrogen-bond acceptors (Lipinski definition) is 3. The topological polar surface area (TPSA) is 66.4 Å². The quantitative estimate of drug-likeness (QED) is 0.743. The number of rotatable bonds is 6. The van der Waals surface area contributed by atoms with Crippen LogP contribution in [0.4, 0.5) is 5.69 Å². The van der Waals surface area contributed by atoms with Crippen LogP contribution >= 0.6 is 0 Å². The molecule has 0 spiro atoms. The molecule has 0 fully saturated rings. The van der Waals surface area contributed by atoms with E-state index >= 15 is 0 Å². The summed E-state index contributed by atoms with van der Waals surface area (Å²) in [5.74, 6) is -1.09. The molecule has 0 aliphatic rings. The van der Waals surface area contributed by atoms with Gasteiger partial charge in [-0.2, -0.15) is 0 Å². The Morgan fingerprint density at radius 3 is 2.35 bits per heavy atom. The molecule has 0 saturated carbocycles. The van der Waals surface area contributed by atoms with Crippen LogP contribution in [0, 0.1) is 5.92 Å². The SMILES string of the molecule is CC(=O)c1ccc(NCCC(C)C(=O)O)cc1. The molecule has 92 valence electrons. The predicted octanol–water partition coefficient (Wildman–Crippen LogP) is 2.41. The van der Waals surface area contributed by atoms with E-state index in [9.17, 15) is 9.59 Å². The van der Waals surface area contributed by atoms with Crippen molar-refractivity contribution >= 4 is 17.4 Å². The summed E-state index contributed by atoms with van der Waals surface area (Å²) in [7, 11) is 0. The van der Waals surface area contributed by atoms with Gasteiger partial charge in [-0.15, -0.1) is 0 Å². The Hall–Kier alpha value is -1.84. The van der Waals surface area contributed by atoms with E-state index < -0.39 is 5.97 Å². The zero-order valence-electron chi connectivity index (χ0n) is 10.1. The molecule has 1 aromatic carbocycles. The lowest BCUT2D eigenvalue weighted by Gasteiger charge is -2.09. The van der Waals surface area contributed by atoms with Gasteiger partial charge in [-0.3, -0.25) is 9.59 Å². The third-order valence-corrected chi connectivity index (χ3v) is 2.62. The molecule has 2 N–H and O–H groups in total. The van der Waals surface area contributed by atoms with Crippen LogP contribution < -0.4 is 5.32 Å². The molecule has 1 rings (SSSR count). The Morgan fingerprint density at radius 2 is 1.88 bits per heavy atom. The molecule has 0 aliphatic heterocycles. The minimum absolute atomic E-state index is 0.0380. The summed E-state index contributed by atoms with van der Waals surface area (Å²) in [6.07, 6.45) is 0.573. The number of anilines is 1. The summed E-state index contributed by atoms with van der Waals surface area (Å²) in [5.41, 5.74) is 1.57. The van der Waals surface area contributed by atoms with Gasteiger partial charge in [-0.25, -0.2) is 0 Å². The van der Waals surface area contributed by atoms with Gasteiger partial charge in [-0.05, 0) is 37.6 Å². The number of aliphatic carboxylic acids is 1. The van der Waals surface area contributed by atoms with Crippen molar-refractivity contribution in [2.45, 2.75) is 20.3 Å². The predicted molar refractivity (Wildman–Crippen MR) is 66.4 cm³/mol. The van der Waals surface area contributed by atoms with Gasteiger partial charge in [-0.1, -0.05) is 6.92 Å². The highest BCUT2D eigenvalue weighted by Gasteiger charge is 2.09. The standard InChI is InChI=1S/C13H17NO3/c1-9(13(16)17)7-8-14-12-5-3-11(4-6-12)10(2)15/h3-6,9,14H,7-8H2,1-2H3,(H,16,17). The van der Waals surface area contributed by atoms with Crippen LogP contribution in [-0.2, 0) is 4.79 Å². The molecule has 0 aliphatic carbocycles. The summed E-state index contributed by atoms with van der Waals surface area (Å²) < 4.78 is 0. The second-order valence-corrected chi connectivity index (χ2v) is 4.09. The van der Waals surface area contributed by atoms with Crippen molar-refractivity contribution in [2.24, 2.45) is 5.92 Å². The number of hydrogen-bond donors (Lipinski definition) is 2. The minimum atomic E-state index is -0.779. The monoisotopic (exact) mass is 235 g/mol. The average Bonchev–Trinajstić information content (AvgIpc) is 2.29. The van der Waals surface area contributed by atoms with E-state index in [4.69, 9.17) is 5.11 Å². The Bertz CT molecular complexity index is 398. The Labute approximate surface area is 101 Å². The lowest BCUT2D eigenvalue weighted by atomic mass is 10.1. The molecule has 0 aromatic heterocycles. The molecule has 0 amide bonds. The van der Waals surface area contributed by atoms with E-state index in [1.807, 2.05) is 12.1 Å². The number of Topliss-reactive ketones (excluding diaryl/α,β-unsaturated/α-hetero) is 1. The number of benzene rings is 1. The van der Waals surface area contributed by atoms with Crippen LogP contribution in [0.15, 0.2) is 24.3 Å². The summed E-state index contributed by atoms with van der Waals surface area (Å²) >= 11 is 0. The normalized spacial score (nSPS) is 11.9. The zero-order valence-corrected chi connectivity index (χ0v) is 10.1. The first-order valence-corrected chi connectivity index (χ1v) is 5.58. The Morgan fingerprint density at radius 1 is 1.29 bits per heavy atom. The first-order valence-electron chi connectivity index (χ1n) is 5.58. The van der Waals surface area contributed by atoms with Gasteiger partial charge in [0.05, 0.1) is 5.92 Å². The van der Waals surface area contributed by atoms with E-state index in [1.165, 1.54) is 6.92 Å². The highest BCUT2D eigenvalue weighted by atomic mass is 16.4. The van der Waals surface area contributed by atoms with E-state index in [0.29, 0.717) is 18.5 Å². The average molecular weight is 235 g/mol. The molecule has 1 atom stereocenters. The third-order valence-electron chi connectivity index (χ3n) is 2.62. The second-order valence-electron chi connectivity index (χ2n) is 4.09. The van der Waals surface area contributed by atoms with E-state index in [1.54, 1.807) is 19.1 Å². The summed E-state index contributed by atoms with van der Waals surface area (Å²) in [4.78, 5) is 21.6. The van der Waals surface area contributed by atoms with E-state index in [-0.39, 0.29) is 11.7 Å². The highest BCUT2D eigenvalue weighted by molar-refractivity contribution is 5.94. The van der Waals surface area contributed by atoms with Crippen molar-refractivity contribution in [3.63, 3.8) is 0 Å². The number of carboxylic acid groups (broad SMARTS) is 1. The molecular formula is C13H17NO3. The molecule has 1 unspecified atom stereocenters. The fourth-order valence-electron chi connectivity index (χ4n) is 1.38. The molecule has 0 radical (unpaired) electrons. The fraction of sp³-hybridized carbons (Fsp3) is 0.385. The van der Waals surface area contributed by atoms with Crippen LogP contribution in [0.25, 0.3) is 0 Å². The Kier molecular flexibility index (Phi) is 4.69. The number of nitrogens with one attached hydrogen (secondary N) is 1. The molecule has 17 heavy (non-hydrogen) atoms. The van der Waals surface area contributed by atoms with Crippen LogP contribution in [0.1, 0.15) is 30.6 Å². The van der Waals surface area contributed by atoms with Gasteiger partial charge in [0.15, 0.2) is 5.78 Å². The molecule has 0 heterocycles. The molecule has 1 aromatic rings. The van der Waals surface area contributed by atoms with Crippen molar-refractivity contribution in [2.75, 3.05) is 11.9 Å². The van der Waals surface area contributed by atoms with Gasteiger partial charge < -0.3 is 10.4 Å². The van der Waals surface area contributed by atoms with Crippen molar-refractivity contribution in [3.8, 4) is 0 Å². The van der Waals surface area contributed by atoms with Crippen LogP contribution in [-0.4, -0.2) is 23.4 Å². The largest absolute Gasteiger partial charge is 0.481 e. The van der Waals surface area contributed by atoms with Crippen LogP contribution in [0.3, 0.4) is 0 Å². The third kappa shape index (κ3) is 4.26. The zero-order chi connectivity index (χ0) is 12.8. The fourth-order valence-corrected chi connectivity index (χ4v) is 1.38. The lowest BCUT2D eigenvalue weighted by molar-refractivity contribution is -0.141. The molecule has 0 bridgehead atoms. The van der Waals surface area contributed by atoms with Crippen molar-refractivity contribution in [1.29, 1.82) is 0 Å². The first-order chi connectivity index (χ1) is 8.00. The van der Waals surface area contributed by atoms with Crippen molar-refractivity contribution in [1.82, 2.24) is 0 Å². The second kappa shape index (κ2) is 6.03. The van der Waals surface area contributed by atoms with E-state index in [0.717, 1.165) is 5.69 Å².